The summed E-state index contributed by atoms with van der Waals surface area (Å²) in [4.78, 5) is 0. The van der Waals surface area contributed by atoms with Crippen LogP contribution in [0.25, 0.3) is 0 Å². The number of hydrogen-bond acceptors (Lipinski definition) is 1. The highest BCUT2D eigenvalue weighted by Gasteiger charge is 2.15. The summed E-state index contributed by atoms with van der Waals surface area (Å²) in [6.07, 6.45) is 9.04. The van der Waals surface area contributed by atoms with Crippen LogP contribution in [-0.4, -0.2) is 11.2 Å². The topological polar surface area (TPSA) is 20.2 Å². The Morgan fingerprint density at radius 2 is 2.00 bits per heavy atom. The predicted octanol–water partition coefficient (Wildman–Crippen LogP) is 2.50. The molecule has 0 aliphatic heterocycles. The van der Waals surface area contributed by atoms with Crippen LogP contribution in [0.5, 0.6) is 0 Å². The lowest BCUT2D eigenvalue weighted by molar-refractivity contribution is 0.170. The average Bonchev–Trinajstić information content (AvgIpc) is 2.06. The monoisotopic (exact) mass is 154 g/mol. The van der Waals surface area contributed by atoms with E-state index in [1.807, 2.05) is 0 Å². The fraction of sp³-hybridized carbons (Fsp3) is 0.800. The van der Waals surface area contributed by atoms with E-state index in [4.69, 9.17) is 0 Å². The largest absolute Gasteiger partial charge is 0.389 e. The van der Waals surface area contributed by atoms with Gasteiger partial charge in [0.25, 0.3) is 0 Å². The van der Waals surface area contributed by atoms with E-state index in [2.05, 4.69) is 6.58 Å². The van der Waals surface area contributed by atoms with Crippen molar-refractivity contribution in [1.82, 2.24) is 0 Å². The molecule has 0 aromatic heterocycles. The summed E-state index contributed by atoms with van der Waals surface area (Å²) in [6.45, 7) is 3.58. The molecule has 1 aliphatic carbocycles. The highest BCUT2D eigenvalue weighted by Crippen LogP contribution is 2.27. The lowest BCUT2D eigenvalue weighted by Crippen LogP contribution is -2.13. The van der Waals surface area contributed by atoms with Gasteiger partial charge in [0.2, 0.25) is 0 Å². The fourth-order valence-corrected chi connectivity index (χ4v) is 1.86. The molecular formula is C10H18O. The van der Waals surface area contributed by atoms with Crippen molar-refractivity contribution in [3.05, 3.63) is 12.7 Å². The van der Waals surface area contributed by atoms with E-state index in [-0.39, 0.29) is 6.10 Å². The quantitative estimate of drug-likeness (QED) is 0.619. The summed E-state index contributed by atoms with van der Waals surface area (Å²) < 4.78 is 0. The van der Waals surface area contributed by atoms with Crippen LogP contribution >= 0.6 is 0 Å². The summed E-state index contributed by atoms with van der Waals surface area (Å²) >= 11 is 0. The molecular weight excluding hydrogens is 136 g/mol. The Labute approximate surface area is 69.1 Å². The molecule has 1 heteroatoms. The number of hydrogen-bond donors (Lipinski definition) is 1. The first-order valence-corrected chi connectivity index (χ1v) is 4.63. The summed E-state index contributed by atoms with van der Waals surface area (Å²) in [6, 6.07) is 0. The van der Waals surface area contributed by atoms with Gasteiger partial charge >= 0.3 is 0 Å². The molecule has 0 aromatic rings. The maximum absolute atomic E-state index is 9.29. The van der Waals surface area contributed by atoms with E-state index in [0.29, 0.717) is 0 Å². The van der Waals surface area contributed by atoms with Crippen molar-refractivity contribution >= 4 is 0 Å². The van der Waals surface area contributed by atoms with Crippen molar-refractivity contribution in [3.63, 3.8) is 0 Å². The van der Waals surface area contributed by atoms with Crippen molar-refractivity contribution in [2.24, 2.45) is 5.92 Å². The van der Waals surface area contributed by atoms with E-state index < -0.39 is 0 Å². The van der Waals surface area contributed by atoms with Gasteiger partial charge < -0.3 is 5.11 Å². The molecule has 0 saturated heterocycles. The maximum Gasteiger partial charge on any atom is 0.0720 e. The molecule has 0 unspecified atom stereocenters. The molecule has 1 aliphatic rings. The summed E-state index contributed by atoms with van der Waals surface area (Å²) in [5, 5.41) is 9.29. The molecule has 1 fully saturated rings. The Morgan fingerprint density at radius 1 is 1.36 bits per heavy atom. The van der Waals surface area contributed by atoms with Gasteiger partial charge in [0.15, 0.2) is 0 Å². The number of rotatable bonds is 3. The zero-order valence-electron chi connectivity index (χ0n) is 7.13. The minimum atomic E-state index is -0.266. The maximum atomic E-state index is 9.29. The van der Waals surface area contributed by atoms with Crippen molar-refractivity contribution in [2.45, 2.75) is 44.6 Å². The molecule has 0 aromatic carbocycles. The van der Waals surface area contributed by atoms with Gasteiger partial charge in [0.1, 0.15) is 0 Å². The molecule has 1 rings (SSSR count). The molecule has 0 bridgehead atoms. The Morgan fingerprint density at radius 3 is 2.55 bits per heavy atom. The van der Waals surface area contributed by atoms with Gasteiger partial charge in [0.05, 0.1) is 6.10 Å². The molecule has 1 atom stereocenters. The first-order chi connectivity index (χ1) is 5.33. The van der Waals surface area contributed by atoms with Crippen LogP contribution in [0.3, 0.4) is 0 Å². The minimum Gasteiger partial charge on any atom is -0.389 e. The molecule has 0 radical (unpaired) electrons. The summed E-state index contributed by atoms with van der Waals surface area (Å²) in [7, 11) is 0. The summed E-state index contributed by atoms with van der Waals surface area (Å²) in [5.41, 5.74) is 0. The number of aliphatic hydroxyl groups excluding tert-OH is 1. The van der Waals surface area contributed by atoms with Crippen LogP contribution in [0.4, 0.5) is 0 Å². The minimum absolute atomic E-state index is 0.266. The summed E-state index contributed by atoms with van der Waals surface area (Å²) in [5.74, 6) is 0.761. The lowest BCUT2D eigenvalue weighted by atomic mass is 9.85. The molecule has 1 nitrogen and oxygen atoms in total. The molecule has 0 spiro atoms. The van der Waals surface area contributed by atoms with Crippen molar-refractivity contribution < 1.29 is 5.11 Å². The highest BCUT2D eigenvalue weighted by atomic mass is 16.3. The SMILES string of the molecule is C=C[C@@H](O)CC1CCCCC1. The Kier molecular flexibility index (Phi) is 3.64. The second-order valence-electron chi connectivity index (χ2n) is 3.54. The van der Waals surface area contributed by atoms with E-state index >= 15 is 0 Å². The zero-order chi connectivity index (χ0) is 8.10. The molecule has 11 heavy (non-hydrogen) atoms. The molecule has 1 N–H and O–H groups in total. The molecule has 0 amide bonds. The third-order valence-electron chi connectivity index (χ3n) is 2.57. The van der Waals surface area contributed by atoms with Crippen LogP contribution in [0.15, 0.2) is 12.7 Å². The predicted molar refractivity (Wildman–Crippen MR) is 47.4 cm³/mol. The second kappa shape index (κ2) is 4.55. The van der Waals surface area contributed by atoms with Crippen LogP contribution in [0.2, 0.25) is 0 Å². The first kappa shape index (κ1) is 8.79. The van der Waals surface area contributed by atoms with Crippen molar-refractivity contribution in [3.8, 4) is 0 Å². The van der Waals surface area contributed by atoms with Crippen LogP contribution < -0.4 is 0 Å². The Hall–Kier alpha value is -0.300. The van der Waals surface area contributed by atoms with E-state index in [1.54, 1.807) is 6.08 Å². The number of aliphatic hydroxyl groups is 1. The van der Waals surface area contributed by atoms with Gasteiger partial charge in [-0.05, 0) is 12.3 Å². The normalized spacial score (nSPS) is 23.0. The van der Waals surface area contributed by atoms with Crippen molar-refractivity contribution in [1.29, 1.82) is 0 Å². The smallest absolute Gasteiger partial charge is 0.0720 e. The van der Waals surface area contributed by atoms with Gasteiger partial charge in [-0.15, -0.1) is 6.58 Å². The Bertz CT molecular complexity index is 114. The first-order valence-electron chi connectivity index (χ1n) is 4.63. The van der Waals surface area contributed by atoms with Gasteiger partial charge in [-0.2, -0.15) is 0 Å². The van der Waals surface area contributed by atoms with Crippen LogP contribution in [-0.2, 0) is 0 Å². The molecule has 0 heterocycles. The lowest BCUT2D eigenvalue weighted by Gasteiger charge is -2.22. The average molecular weight is 154 g/mol. The standard InChI is InChI=1S/C10H18O/c1-2-10(11)8-9-6-4-3-5-7-9/h2,9-11H,1,3-8H2/t10-/m1/s1. The zero-order valence-corrected chi connectivity index (χ0v) is 7.13. The van der Waals surface area contributed by atoms with Gasteiger partial charge in [-0.25, -0.2) is 0 Å². The third kappa shape index (κ3) is 3.06. The Balaban J connectivity index is 2.18. The molecule has 1 saturated carbocycles. The van der Waals surface area contributed by atoms with Gasteiger partial charge in [0, 0.05) is 0 Å². The van der Waals surface area contributed by atoms with Crippen LogP contribution in [0, 0.1) is 5.92 Å². The van der Waals surface area contributed by atoms with E-state index in [1.165, 1.54) is 32.1 Å². The van der Waals surface area contributed by atoms with Gasteiger partial charge in [-0.1, -0.05) is 38.2 Å². The fourth-order valence-electron chi connectivity index (χ4n) is 1.86. The van der Waals surface area contributed by atoms with Crippen LogP contribution in [0.1, 0.15) is 38.5 Å². The third-order valence-corrected chi connectivity index (χ3v) is 2.57. The second-order valence-corrected chi connectivity index (χ2v) is 3.54. The highest BCUT2D eigenvalue weighted by molar-refractivity contribution is 4.81. The van der Waals surface area contributed by atoms with E-state index in [9.17, 15) is 5.11 Å². The van der Waals surface area contributed by atoms with Gasteiger partial charge in [-0.3, -0.25) is 0 Å². The van der Waals surface area contributed by atoms with Crippen molar-refractivity contribution in [2.75, 3.05) is 0 Å². The molecule has 64 valence electrons. The van der Waals surface area contributed by atoms with E-state index in [0.717, 1.165) is 12.3 Å².